The van der Waals surface area contributed by atoms with E-state index in [1.165, 1.54) is 12.1 Å². The molecule has 0 radical (unpaired) electrons. The van der Waals surface area contributed by atoms with Crippen LogP contribution in [0.25, 0.3) is 11.3 Å². The van der Waals surface area contributed by atoms with Crippen molar-refractivity contribution in [3.63, 3.8) is 0 Å². The molecule has 0 fully saturated rings. The van der Waals surface area contributed by atoms with Gasteiger partial charge in [-0.1, -0.05) is 37.3 Å². The Morgan fingerprint density at radius 1 is 1.03 bits per heavy atom. The Morgan fingerprint density at radius 2 is 1.82 bits per heavy atom. The molecule has 0 saturated carbocycles. The highest BCUT2D eigenvalue weighted by Gasteiger charge is 2.29. The van der Waals surface area contributed by atoms with Crippen LogP contribution in [-0.4, -0.2) is 23.5 Å². The average Bonchev–Trinajstić information content (AvgIpc) is 3.11. The molecule has 0 atom stereocenters. The maximum atomic E-state index is 13.7. The van der Waals surface area contributed by atoms with E-state index >= 15 is 0 Å². The number of carbonyl (C=O) groups is 2. The van der Waals surface area contributed by atoms with E-state index in [0.717, 1.165) is 24.3 Å². The first-order chi connectivity index (χ1) is 15.9. The van der Waals surface area contributed by atoms with Crippen LogP contribution in [0.15, 0.2) is 66.7 Å². The zero-order chi connectivity index (χ0) is 23.4. The second kappa shape index (κ2) is 9.67. The molecule has 168 valence electrons. The van der Waals surface area contributed by atoms with Crippen LogP contribution in [0.5, 0.6) is 0 Å². The summed E-state index contributed by atoms with van der Waals surface area (Å²) < 4.78 is 13.7. The van der Waals surface area contributed by atoms with Crippen molar-refractivity contribution >= 4 is 34.5 Å². The summed E-state index contributed by atoms with van der Waals surface area (Å²) in [5.74, 6) is -1.74. The summed E-state index contributed by atoms with van der Waals surface area (Å²) in [7, 11) is 0. The van der Waals surface area contributed by atoms with Gasteiger partial charge in [-0.05, 0) is 59.6 Å². The van der Waals surface area contributed by atoms with Crippen molar-refractivity contribution < 1.29 is 19.1 Å². The molecule has 6 nitrogen and oxygen atoms in total. The molecule has 0 spiro atoms. The molecule has 4 N–H and O–H groups in total. The quantitative estimate of drug-likeness (QED) is 0.384. The van der Waals surface area contributed by atoms with Gasteiger partial charge in [-0.15, -0.1) is 0 Å². The lowest BCUT2D eigenvalue weighted by molar-refractivity contribution is -0.136. The Kier molecular flexibility index (Phi) is 6.51. The molecule has 0 aliphatic carbocycles. The molecule has 0 saturated heterocycles. The summed E-state index contributed by atoms with van der Waals surface area (Å²) in [6, 6.07) is 19.0. The lowest BCUT2D eigenvalue weighted by Crippen LogP contribution is -2.12. The normalized spacial score (nSPS) is 13.9. The van der Waals surface area contributed by atoms with Crippen LogP contribution >= 0.6 is 0 Å². The minimum absolute atomic E-state index is 0.135. The van der Waals surface area contributed by atoms with Gasteiger partial charge >= 0.3 is 5.97 Å². The molecule has 33 heavy (non-hydrogen) atoms. The number of hydrogen-bond donors (Lipinski definition) is 4. The lowest BCUT2D eigenvalue weighted by atomic mass is 9.98. The Balaban J connectivity index is 1.80. The molecular weight excluding hydrogens is 421 g/mol. The van der Waals surface area contributed by atoms with Crippen LogP contribution in [0, 0.1) is 5.82 Å². The first kappa shape index (κ1) is 22.2. The van der Waals surface area contributed by atoms with E-state index in [1.54, 1.807) is 24.3 Å². The summed E-state index contributed by atoms with van der Waals surface area (Å²) in [5, 5.41) is 18.5. The first-order valence-electron chi connectivity index (χ1n) is 10.7. The molecule has 0 unspecified atom stereocenters. The molecule has 4 rings (SSSR count). The summed E-state index contributed by atoms with van der Waals surface area (Å²) in [4.78, 5) is 24.2. The monoisotopic (exact) mass is 445 g/mol. The van der Waals surface area contributed by atoms with Crippen LogP contribution in [0.1, 0.15) is 29.2 Å². The standard InChI is InChI=1S/C26H24FN3O3/c1-2-28-15-16-6-9-20(10-7-16)29-25(18-5-3-4-17(12-18)13-23(31)32)24-21-11-8-19(27)14-22(21)30-26(24)33/h3-12,14,28-29H,2,13,15H2,1H3,(H,30,33)(H,31,32)/b25-24-. The molecule has 0 aromatic heterocycles. The first-order valence-corrected chi connectivity index (χ1v) is 10.7. The number of nitrogens with one attached hydrogen (secondary N) is 3. The van der Waals surface area contributed by atoms with Gasteiger partial charge in [-0.2, -0.15) is 0 Å². The number of halogens is 1. The van der Waals surface area contributed by atoms with Crippen molar-refractivity contribution in [3.8, 4) is 0 Å². The number of aliphatic carboxylic acids is 1. The van der Waals surface area contributed by atoms with Gasteiger partial charge in [0, 0.05) is 17.8 Å². The number of carboxylic acids is 1. The average molecular weight is 445 g/mol. The van der Waals surface area contributed by atoms with Crippen molar-refractivity contribution in [3.05, 3.63) is 94.8 Å². The Bertz CT molecular complexity index is 1240. The second-order valence-electron chi connectivity index (χ2n) is 7.77. The van der Waals surface area contributed by atoms with Gasteiger partial charge in [-0.25, -0.2) is 4.39 Å². The van der Waals surface area contributed by atoms with Gasteiger partial charge in [-0.3, -0.25) is 9.59 Å². The fraction of sp³-hybridized carbons (Fsp3) is 0.154. The fourth-order valence-electron chi connectivity index (χ4n) is 3.80. The number of anilines is 2. The largest absolute Gasteiger partial charge is 0.481 e. The highest BCUT2D eigenvalue weighted by molar-refractivity contribution is 6.37. The van der Waals surface area contributed by atoms with E-state index in [9.17, 15) is 19.1 Å². The van der Waals surface area contributed by atoms with E-state index in [2.05, 4.69) is 16.0 Å². The third-order valence-corrected chi connectivity index (χ3v) is 5.35. The molecule has 0 bridgehead atoms. The third-order valence-electron chi connectivity index (χ3n) is 5.35. The van der Waals surface area contributed by atoms with Crippen molar-refractivity contribution in [1.29, 1.82) is 0 Å². The highest BCUT2D eigenvalue weighted by atomic mass is 19.1. The van der Waals surface area contributed by atoms with Crippen LogP contribution in [0.4, 0.5) is 15.8 Å². The smallest absolute Gasteiger partial charge is 0.307 e. The summed E-state index contributed by atoms with van der Waals surface area (Å²) in [6.45, 7) is 3.67. The van der Waals surface area contributed by atoms with E-state index in [4.69, 9.17) is 0 Å². The molecule has 1 amide bonds. The number of rotatable bonds is 8. The van der Waals surface area contributed by atoms with Gasteiger partial charge in [0.2, 0.25) is 0 Å². The van der Waals surface area contributed by atoms with Crippen molar-refractivity contribution in [2.24, 2.45) is 0 Å². The van der Waals surface area contributed by atoms with Crippen molar-refractivity contribution in [2.75, 3.05) is 17.2 Å². The van der Waals surface area contributed by atoms with Gasteiger partial charge in [0.15, 0.2) is 0 Å². The van der Waals surface area contributed by atoms with E-state index in [-0.39, 0.29) is 12.3 Å². The molecule has 1 heterocycles. The molecule has 7 heteroatoms. The van der Waals surface area contributed by atoms with Crippen molar-refractivity contribution in [2.45, 2.75) is 19.9 Å². The van der Waals surface area contributed by atoms with Crippen LogP contribution in [0.2, 0.25) is 0 Å². The predicted molar refractivity (Wildman–Crippen MR) is 127 cm³/mol. The second-order valence-corrected chi connectivity index (χ2v) is 7.77. The summed E-state index contributed by atoms with van der Waals surface area (Å²) in [5.41, 5.74) is 5.03. The van der Waals surface area contributed by atoms with Gasteiger partial charge < -0.3 is 21.1 Å². The van der Waals surface area contributed by atoms with Crippen LogP contribution in [0.3, 0.4) is 0 Å². The number of amides is 1. The van der Waals surface area contributed by atoms with Crippen molar-refractivity contribution in [1.82, 2.24) is 5.32 Å². The van der Waals surface area contributed by atoms with E-state index < -0.39 is 11.8 Å². The minimum atomic E-state index is -0.940. The maximum absolute atomic E-state index is 13.7. The van der Waals surface area contributed by atoms with E-state index in [0.29, 0.717) is 33.6 Å². The SMILES string of the molecule is CCNCc1ccc(N/C(=C2\C(=O)Nc3cc(F)ccc32)c2cccc(CC(=O)O)c2)cc1. The van der Waals surface area contributed by atoms with Gasteiger partial charge in [0.05, 0.1) is 23.4 Å². The number of fused-ring (bicyclic) bond motifs is 1. The molecule has 1 aliphatic rings. The third kappa shape index (κ3) is 5.10. The zero-order valence-electron chi connectivity index (χ0n) is 18.1. The van der Waals surface area contributed by atoms with Crippen LogP contribution < -0.4 is 16.0 Å². The molecule has 3 aromatic carbocycles. The summed E-state index contributed by atoms with van der Waals surface area (Å²) >= 11 is 0. The lowest BCUT2D eigenvalue weighted by Gasteiger charge is -2.16. The van der Waals surface area contributed by atoms with Gasteiger partial charge in [0.25, 0.3) is 5.91 Å². The molecule has 3 aromatic rings. The molecule has 1 aliphatic heterocycles. The topological polar surface area (TPSA) is 90.5 Å². The number of carboxylic acid groups (broad SMARTS) is 1. The maximum Gasteiger partial charge on any atom is 0.307 e. The fourth-order valence-corrected chi connectivity index (χ4v) is 3.80. The zero-order valence-corrected chi connectivity index (χ0v) is 18.1. The Hall–Kier alpha value is -3.97. The Labute approximate surface area is 191 Å². The number of carbonyl (C=O) groups excluding carboxylic acids is 1. The summed E-state index contributed by atoms with van der Waals surface area (Å²) in [6.07, 6.45) is -0.135. The van der Waals surface area contributed by atoms with E-state index in [1.807, 2.05) is 37.3 Å². The number of hydrogen-bond acceptors (Lipinski definition) is 4. The van der Waals surface area contributed by atoms with Crippen LogP contribution in [-0.2, 0) is 22.6 Å². The predicted octanol–water partition coefficient (Wildman–Crippen LogP) is 4.49. The number of benzene rings is 3. The highest BCUT2D eigenvalue weighted by Crippen LogP contribution is 2.38. The minimum Gasteiger partial charge on any atom is -0.481 e. The van der Waals surface area contributed by atoms with Gasteiger partial charge in [0.1, 0.15) is 5.82 Å². The Morgan fingerprint density at radius 3 is 2.55 bits per heavy atom. The molecular formula is C26H24FN3O3.